The van der Waals surface area contributed by atoms with Gasteiger partial charge in [0.1, 0.15) is 0 Å². The zero-order valence-corrected chi connectivity index (χ0v) is 10.1. The molecule has 2 rings (SSSR count). The van der Waals surface area contributed by atoms with Gasteiger partial charge >= 0.3 is 0 Å². The third kappa shape index (κ3) is 2.94. The van der Waals surface area contributed by atoms with Crippen LogP contribution in [0.2, 0.25) is 0 Å². The maximum absolute atomic E-state index is 8.79. The van der Waals surface area contributed by atoms with Gasteiger partial charge in [-0.2, -0.15) is 5.26 Å². The fraction of sp³-hybridized carbons (Fsp3) is 0.917. The zero-order valence-electron chi connectivity index (χ0n) is 10.1. The van der Waals surface area contributed by atoms with E-state index in [1.807, 2.05) is 0 Å². The van der Waals surface area contributed by atoms with Gasteiger partial charge in [-0.1, -0.05) is 0 Å². The molecule has 2 atom stereocenters. The van der Waals surface area contributed by atoms with E-state index in [0.717, 1.165) is 32.8 Å². The summed E-state index contributed by atoms with van der Waals surface area (Å²) in [6, 6.07) is 2.69. The standard InChI is InChI=1S/C12H21N3O/c1-14-6-7-15(9-11(14)4-5-13)10-12-3-2-8-16-12/h11-12H,2-4,6-10H2,1H3. The summed E-state index contributed by atoms with van der Waals surface area (Å²) in [6.07, 6.45) is 3.49. The SMILES string of the molecule is CN1CCN(CC2CCCO2)CC1CC#N. The van der Waals surface area contributed by atoms with E-state index in [0.29, 0.717) is 18.6 Å². The van der Waals surface area contributed by atoms with E-state index in [9.17, 15) is 0 Å². The molecule has 0 bridgehead atoms. The lowest BCUT2D eigenvalue weighted by Crippen LogP contribution is -2.52. The number of hydrogen-bond acceptors (Lipinski definition) is 4. The van der Waals surface area contributed by atoms with Crippen LogP contribution in [0, 0.1) is 11.3 Å². The molecule has 2 aliphatic rings. The van der Waals surface area contributed by atoms with Crippen LogP contribution >= 0.6 is 0 Å². The van der Waals surface area contributed by atoms with E-state index in [4.69, 9.17) is 10.00 Å². The monoisotopic (exact) mass is 223 g/mol. The lowest BCUT2D eigenvalue weighted by atomic mass is 10.1. The Labute approximate surface area is 97.8 Å². The zero-order chi connectivity index (χ0) is 11.4. The van der Waals surface area contributed by atoms with Crippen molar-refractivity contribution < 1.29 is 4.74 Å². The van der Waals surface area contributed by atoms with Crippen molar-refractivity contribution >= 4 is 0 Å². The molecule has 90 valence electrons. The van der Waals surface area contributed by atoms with Gasteiger partial charge in [0.05, 0.1) is 18.6 Å². The second kappa shape index (κ2) is 5.62. The molecule has 4 nitrogen and oxygen atoms in total. The third-order valence-corrected chi connectivity index (χ3v) is 3.67. The van der Waals surface area contributed by atoms with Crippen molar-refractivity contribution in [3.63, 3.8) is 0 Å². The summed E-state index contributed by atoms with van der Waals surface area (Å²) in [5, 5.41) is 8.79. The van der Waals surface area contributed by atoms with Crippen LogP contribution in [0.15, 0.2) is 0 Å². The summed E-state index contributed by atoms with van der Waals surface area (Å²) in [6.45, 7) is 5.18. The van der Waals surface area contributed by atoms with Crippen molar-refractivity contribution in [1.82, 2.24) is 9.80 Å². The molecule has 16 heavy (non-hydrogen) atoms. The normalized spacial score (nSPS) is 32.8. The number of piperazine rings is 1. The van der Waals surface area contributed by atoms with Crippen LogP contribution in [-0.4, -0.2) is 61.8 Å². The molecule has 2 heterocycles. The Hall–Kier alpha value is -0.630. The quantitative estimate of drug-likeness (QED) is 0.706. The minimum Gasteiger partial charge on any atom is -0.377 e. The number of rotatable bonds is 3. The van der Waals surface area contributed by atoms with Gasteiger partial charge in [-0.05, 0) is 19.9 Å². The Kier molecular flexibility index (Phi) is 4.16. The fourth-order valence-electron chi connectivity index (χ4n) is 2.58. The Morgan fingerprint density at radius 3 is 3.00 bits per heavy atom. The van der Waals surface area contributed by atoms with Gasteiger partial charge in [-0.15, -0.1) is 0 Å². The van der Waals surface area contributed by atoms with E-state index in [-0.39, 0.29) is 0 Å². The molecule has 0 spiro atoms. The Balaban J connectivity index is 1.80. The average Bonchev–Trinajstić information content (AvgIpc) is 2.76. The minimum absolute atomic E-state index is 0.403. The molecule has 4 heteroatoms. The van der Waals surface area contributed by atoms with Gasteiger partial charge in [-0.3, -0.25) is 9.80 Å². The maximum atomic E-state index is 8.79. The van der Waals surface area contributed by atoms with Gasteiger partial charge in [0, 0.05) is 38.8 Å². The highest BCUT2D eigenvalue weighted by molar-refractivity contribution is 4.88. The topological polar surface area (TPSA) is 39.5 Å². The first-order chi connectivity index (χ1) is 7.79. The van der Waals surface area contributed by atoms with Crippen LogP contribution in [-0.2, 0) is 4.74 Å². The molecule has 2 fully saturated rings. The lowest BCUT2D eigenvalue weighted by molar-refractivity contribution is 0.0369. The summed E-state index contributed by atoms with van der Waals surface area (Å²) in [5.74, 6) is 0. The molecular weight excluding hydrogens is 202 g/mol. The van der Waals surface area contributed by atoms with Crippen LogP contribution < -0.4 is 0 Å². The minimum atomic E-state index is 0.403. The molecule has 0 aromatic heterocycles. The highest BCUT2D eigenvalue weighted by Crippen LogP contribution is 2.16. The van der Waals surface area contributed by atoms with Crippen LogP contribution in [0.5, 0.6) is 0 Å². The first kappa shape index (κ1) is 11.8. The number of hydrogen-bond donors (Lipinski definition) is 0. The first-order valence-corrected chi connectivity index (χ1v) is 6.20. The van der Waals surface area contributed by atoms with Gasteiger partial charge in [-0.25, -0.2) is 0 Å². The predicted molar refractivity (Wildman–Crippen MR) is 62.1 cm³/mol. The lowest BCUT2D eigenvalue weighted by Gasteiger charge is -2.39. The first-order valence-electron chi connectivity index (χ1n) is 6.20. The highest BCUT2D eigenvalue weighted by Gasteiger charge is 2.26. The van der Waals surface area contributed by atoms with Gasteiger partial charge in [0.2, 0.25) is 0 Å². The number of ether oxygens (including phenoxy) is 1. The summed E-state index contributed by atoms with van der Waals surface area (Å²) in [5.41, 5.74) is 0. The highest BCUT2D eigenvalue weighted by atomic mass is 16.5. The van der Waals surface area contributed by atoms with E-state index in [2.05, 4.69) is 22.9 Å². The van der Waals surface area contributed by atoms with Crippen molar-refractivity contribution in [3.05, 3.63) is 0 Å². The number of nitriles is 1. The Bertz CT molecular complexity index is 257. The van der Waals surface area contributed by atoms with E-state index >= 15 is 0 Å². The molecular formula is C12H21N3O. The number of nitrogens with zero attached hydrogens (tertiary/aromatic N) is 3. The van der Waals surface area contributed by atoms with Gasteiger partial charge in [0.25, 0.3) is 0 Å². The second-order valence-electron chi connectivity index (χ2n) is 4.89. The van der Waals surface area contributed by atoms with Crippen LogP contribution in [0.25, 0.3) is 0 Å². The summed E-state index contributed by atoms with van der Waals surface area (Å²) in [7, 11) is 2.12. The molecule has 0 radical (unpaired) electrons. The van der Waals surface area contributed by atoms with Gasteiger partial charge < -0.3 is 4.74 Å². The van der Waals surface area contributed by atoms with Crippen LogP contribution in [0.4, 0.5) is 0 Å². The average molecular weight is 223 g/mol. The van der Waals surface area contributed by atoms with Crippen molar-refractivity contribution in [2.24, 2.45) is 0 Å². The second-order valence-corrected chi connectivity index (χ2v) is 4.89. The summed E-state index contributed by atoms with van der Waals surface area (Å²) < 4.78 is 5.66. The Morgan fingerprint density at radius 1 is 1.44 bits per heavy atom. The van der Waals surface area contributed by atoms with Crippen molar-refractivity contribution in [2.45, 2.75) is 31.4 Å². The molecule has 0 aromatic carbocycles. The molecule has 2 unspecified atom stereocenters. The molecule has 0 aliphatic carbocycles. The molecule has 0 aromatic rings. The maximum Gasteiger partial charge on any atom is 0.0702 e. The smallest absolute Gasteiger partial charge is 0.0702 e. The molecule has 0 amide bonds. The van der Waals surface area contributed by atoms with E-state index in [1.165, 1.54) is 12.8 Å². The summed E-state index contributed by atoms with van der Waals surface area (Å²) >= 11 is 0. The molecule has 2 aliphatic heterocycles. The van der Waals surface area contributed by atoms with Crippen molar-refractivity contribution in [2.75, 3.05) is 39.8 Å². The predicted octanol–water partition coefficient (Wildman–Crippen LogP) is 0.695. The van der Waals surface area contributed by atoms with Crippen LogP contribution in [0.3, 0.4) is 0 Å². The van der Waals surface area contributed by atoms with E-state index in [1.54, 1.807) is 0 Å². The third-order valence-electron chi connectivity index (χ3n) is 3.67. The number of likely N-dealkylation sites (N-methyl/N-ethyl adjacent to an activating group) is 1. The molecule has 0 saturated carbocycles. The fourth-order valence-corrected chi connectivity index (χ4v) is 2.58. The summed E-state index contributed by atoms with van der Waals surface area (Å²) in [4.78, 5) is 4.76. The molecule has 0 N–H and O–H groups in total. The van der Waals surface area contributed by atoms with Crippen molar-refractivity contribution in [1.29, 1.82) is 5.26 Å². The Morgan fingerprint density at radius 2 is 2.31 bits per heavy atom. The van der Waals surface area contributed by atoms with E-state index < -0.39 is 0 Å². The largest absolute Gasteiger partial charge is 0.377 e. The molecule has 2 saturated heterocycles. The van der Waals surface area contributed by atoms with Crippen LogP contribution in [0.1, 0.15) is 19.3 Å². The van der Waals surface area contributed by atoms with Gasteiger partial charge in [0.15, 0.2) is 0 Å². The van der Waals surface area contributed by atoms with Crippen molar-refractivity contribution in [3.8, 4) is 6.07 Å².